The van der Waals surface area contributed by atoms with Crippen LogP contribution in [0.2, 0.25) is 0 Å². The van der Waals surface area contributed by atoms with E-state index < -0.39 is 6.36 Å². The van der Waals surface area contributed by atoms with Crippen LogP contribution >= 0.6 is 15.9 Å². The lowest BCUT2D eigenvalue weighted by Gasteiger charge is -2.09. The molecule has 0 amide bonds. The fourth-order valence-electron chi connectivity index (χ4n) is 1.41. The number of aromatic nitrogens is 3. The summed E-state index contributed by atoms with van der Waals surface area (Å²) in [5.74, 6) is -0.155. The molecule has 0 unspecified atom stereocenters. The average Bonchev–Trinajstić information content (AvgIpc) is 2.58. The van der Waals surface area contributed by atoms with Gasteiger partial charge in [0.05, 0.1) is 6.54 Å². The molecule has 0 spiro atoms. The minimum atomic E-state index is -4.69. The molecule has 1 aromatic heterocycles. The Morgan fingerprint density at radius 3 is 2.37 bits per heavy atom. The second kappa shape index (κ2) is 5.08. The molecule has 19 heavy (non-hydrogen) atoms. The van der Waals surface area contributed by atoms with Crippen LogP contribution in [0.1, 0.15) is 5.56 Å². The number of benzene rings is 1. The third-order valence-electron chi connectivity index (χ3n) is 2.13. The standard InChI is InChI=1S/C10H8BrF3N4O/c11-8-16-9(15)17-18(8)5-6-1-3-7(4-2-6)19-10(12,13)14/h1-4H,5H2,(H2,15,17). The van der Waals surface area contributed by atoms with Gasteiger partial charge in [-0.3, -0.25) is 0 Å². The van der Waals surface area contributed by atoms with Crippen molar-refractivity contribution < 1.29 is 17.9 Å². The van der Waals surface area contributed by atoms with Gasteiger partial charge in [-0.05, 0) is 33.6 Å². The highest BCUT2D eigenvalue weighted by atomic mass is 79.9. The summed E-state index contributed by atoms with van der Waals surface area (Å²) in [4.78, 5) is 3.85. The number of rotatable bonds is 3. The Bertz CT molecular complexity index is 567. The highest BCUT2D eigenvalue weighted by Gasteiger charge is 2.30. The average molecular weight is 337 g/mol. The summed E-state index contributed by atoms with van der Waals surface area (Å²) in [6, 6.07) is 5.48. The highest BCUT2D eigenvalue weighted by Crippen LogP contribution is 2.23. The molecule has 0 aliphatic rings. The zero-order valence-corrected chi connectivity index (χ0v) is 10.9. The van der Waals surface area contributed by atoms with Crippen LogP contribution in [-0.2, 0) is 6.54 Å². The predicted octanol–water partition coefficient (Wildman–Crippen LogP) is 2.57. The Morgan fingerprint density at radius 1 is 1.26 bits per heavy atom. The summed E-state index contributed by atoms with van der Waals surface area (Å²) in [5.41, 5.74) is 6.14. The summed E-state index contributed by atoms with van der Waals surface area (Å²) in [6.45, 7) is 0.330. The monoisotopic (exact) mass is 336 g/mol. The maximum Gasteiger partial charge on any atom is 0.573 e. The number of anilines is 1. The van der Waals surface area contributed by atoms with Gasteiger partial charge in [-0.25, -0.2) is 4.68 Å². The fourth-order valence-corrected chi connectivity index (χ4v) is 1.80. The van der Waals surface area contributed by atoms with Crippen molar-refractivity contribution in [2.24, 2.45) is 0 Å². The number of nitrogens with two attached hydrogens (primary N) is 1. The molecular weight excluding hydrogens is 329 g/mol. The van der Waals surface area contributed by atoms with Crippen molar-refractivity contribution in [2.45, 2.75) is 12.9 Å². The zero-order valence-electron chi connectivity index (χ0n) is 9.36. The van der Waals surface area contributed by atoms with E-state index in [1.54, 1.807) is 0 Å². The van der Waals surface area contributed by atoms with Gasteiger partial charge in [0.1, 0.15) is 5.75 Å². The van der Waals surface area contributed by atoms with Crippen molar-refractivity contribution in [1.82, 2.24) is 14.8 Å². The molecule has 9 heteroatoms. The first kappa shape index (κ1) is 13.7. The number of hydrogen-bond acceptors (Lipinski definition) is 4. The number of hydrogen-bond donors (Lipinski definition) is 1. The second-order valence-electron chi connectivity index (χ2n) is 3.59. The minimum Gasteiger partial charge on any atom is -0.406 e. The Kier molecular flexibility index (Phi) is 3.65. The van der Waals surface area contributed by atoms with Gasteiger partial charge in [-0.15, -0.1) is 18.3 Å². The van der Waals surface area contributed by atoms with Gasteiger partial charge in [-0.2, -0.15) is 4.98 Å². The lowest BCUT2D eigenvalue weighted by atomic mass is 10.2. The Morgan fingerprint density at radius 2 is 1.89 bits per heavy atom. The van der Waals surface area contributed by atoms with Gasteiger partial charge in [0.15, 0.2) is 4.73 Å². The van der Waals surface area contributed by atoms with Crippen LogP contribution in [0.15, 0.2) is 29.0 Å². The van der Waals surface area contributed by atoms with E-state index in [0.29, 0.717) is 11.3 Å². The topological polar surface area (TPSA) is 66.0 Å². The summed E-state index contributed by atoms with van der Waals surface area (Å²) in [5, 5.41) is 3.91. The van der Waals surface area contributed by atoms with Gasteiger partial charge in [-0.1, -0.05) is 12.1 Å². The van der Waals surface area contributed by atoms with Gasteiger partial charge >= 0.3 is 6.36 Å². The molecule has 102 valence electrons. The number of halogens is 4. The number of nitrogen functional groups attached to an aromatic ring is 1. The zero-order chi connectivity index (χ0) is 14.0. The van der Waals surface area contributed by atoms with Crippen LogP contribution in [0.5, 0.6) is 5.75 Å². The van der Waals surface area contributed by atoms with Crippen LogP contribution in [0.4, 0.5) is 19.1 Å². The van der Waals surface area contributed by atoms with Crippen molar-refractivity contribution in [1.29, 1.82) is 0 Å². The Balaban J connectivity index is 2.09. The summed E-state index contributed by atoms with van der Waals surface area (Å²) in [6.07, 6.45) is -4.69. The van der Waals surface area contributed by atoms with Crippen LogP contribution < -0.4 is 10.5 Å². The van der Waals surface area contributed by atoms with Crippen LogP contribution in [0.3, 0.4) is 0 Å². The van der Waals surface area contributed by atoms with Crippen molar-refractivity contribution in [3.63, 3.8) is 0 Å². The smallest absolute Gasteiger partial charge is 0.406 e. The van der Waals surface area contributed by atoms with E-state index >= 15 is 0 Å². The van der Waals surface area contributed by atoms with E-state index in [-0.39, 0.29) is 11.7 Å². The molecule has 0 atom stereocenters. The second-order valence-corrected chi connectivity index (χ2v) is 4.30. The van der Waals surface area contributed by atoms with Crippen molar-refractivity contribution in [2.75, 3.05) is 5.73 Å². The first-order valence-corrected chi connectivity index (χ1v) is 5.83. The number of ether oxygens (including phenoxy) is 1. The lowest BCUT2D eigenvalue weighted by molar-refractivity contribution is -0.274. The van der Waals surface area contributed by atoms with Gasteiger partial charge in [0, 0.05) is 0 Å². The normalized spacial score (nSPS) is 11.6. The minimum absolute atomic E-state index is 0.115. The van der Waals surface area contributed by atoms with Crippen LogP contribution in [0.25, 0.3) is 0 Å². The summed E-state index contributed by atoms with van der Waals surface area (Å²) in [7, 11) is 0. The highest BCUT2D eigenvalue weighted by molar-refractivity contribution is 9.10. The molecule has 0 aliphatic heterocycles. The quantitative estimate of drug-likeness (QED) is 0.935. The molecule has 2 N–H and O–H groups in total. The van der Waals surface area contributed by atoms with Crippen LogP contribution in [-0.4, -0.2) is 21.1 Å². The molecule has 0 radical (unpaired) electrons. The van der Waals surface area contributed by atoms with Crippen molar-refractivity contribution in [3.8, 4) is 5.75 Å². The summed E-state index contributed by atoms with van der Waals surface area (Å²) >= 11 is 3.16. The maximum atomic E-state index is 12.0. The molecule has 0 saturated carbocycles. The number of nitrogens with zero attached hydrogens (tertiary/aromatic N) is 3. The van der Waals surface area contributed by atoms with Crippen molar-refractivity contribution >= 4 is 21.9 Å². The van der Waals surface area contributed by atoms with E-state index in [2.05, 4.69) is 30.7 Å². The first-order chi connectivity index (χ1) is 8.83. The number of alkyl halides is 3. The van der Waals surface area contributed by atoms with E-state index in [4.69, 9.17) is 5.73 Å². The lowest BCUT2D eigenvalue weighted by Crippen LogP contribution is -2.17. The predicted molar refractivity (Wildman–Crippen MR) is 64.4 cm³/mol. The molecule has 1 heterocycles. The SMILES string of the molecule is Nc1nc(Br)n(Cc2ccc(OC(F)(F)F)cc2)n1. The molecule has 0 fully saturated rings. The van der Waals surface area contributed by atoms with Gasteiger partial charge in [0.2, 0.25) is 5.95 Å². The molecule has 1 aromatic carbocycles. The molecule has 0 bridgehead atoms. The first-order valence-electron chi connectivity index (χ1n) is 5.04. The third kappa shape index (κ3) is 3.85. The summed E-state index contributed by atoms with van der Waals surface area (Å²) < 4.78 is 41.6. The van der Waals surface area contributed by atoms with E-state index in [0.717, 1.165) is 5.56 Å². The van der Waals surface area contributed by atoms with E-state index in [1.165, 1.54) is 28.9 Å². The molecule has 0 aliphatic carbocycles. The molecule has 2 aromatic rings. The molecule has 2 rings (SSSR count). The van der Waals surface area contributed by atoms with E-state index in [1.807, 2.05) is 0 Å². The van der Waals surface area contributed by atoms with Crippen molar-refractivity contribution in [3.05, 3.63) is 34.6 Å². The van der Waals surface area contributed by atoms with E-state index in [9.17, 15) is 13.2 Å². The van der Waals surface area contributed by atoms with Gasteiger partial charge < -0.3 is 10.5 Å². The molecular formula is C10H8BrF3N4O. The molecule has 5 nitrogen and oxygen atoms in total. The largest absolute Gasteiger partial charge is 0.573 e. The fraction of sp³-hybridized carbons (Fsp3) is 0.200. The Labute approximate surface area is 114 Å². The van der Waals surface area contributed by atoms with Gasteiger partial charge in [0.25, 0.3) is 0 Å². The Hall–Kier alpha value is -1.77. The van der Waals surface area contributed by atoms with Crippen LogP contribution in [0, 0.1) is 0 Å². The third-order valence-corrected chi connectivity index (χ3v) is 2.72. The maximum absolute atomic E-state index is 12.0. The molecule has 0 saturated heterocycles.